The van der Waals surface area contributed by atoms with Crippen LogP contribution in [0.3, 0.4) is 0 Å². The second-order valence-electron chi connectivity index (χ2n) is 6.49. The Morgan fingerprint density at radius 3 is 2.52 bits per heavy atom. The number of nitrogens with one attached hydrogen (secondary N) is 2. The Bertz CT molecular complexity index is 868. The Morgan fingerprint density at radius 1 is 1.17 bits per heavy atom. The van der Waals surface area contributed by atoms with Crippen molar-refractivity contribution >= 4 is 39.5 Å². The van der Waals surface area contributed by atoms with Crippen molar-refractivity contribution in [2.75, 3.05) is 26.2 Å². The van der Waals surface area contributed by atoms with Crippen LogP contribution in [0.5, 0.6) is 0 Å². The minimum Gasteiger partial charge on any atom is -0.452 e. The first-order valence-corrected chi connectivity index (χ1v) is 11.1. The molecule has 2 N–H and O–H groups in total. The molecule has 1 fully saturated rings. The minimum absolute atomic E-state index is 0.00584. The van der Waals surface area contributed by atoms with Gasteiger partial charge in [0.2, 0.25) is 10.0 Å². The van der Waals surface area contributed by atoms with Crippen molar-refractivity contribution < 1.29 is 27.5 Å². The molecule has 3 amide bonds. The molecule has 0 atom stereocenters. The van der Waals surface area contributed by atoms with Crippen molar-refractivity contribution in [3.05, 3.63) is 28.8 Å². The molecule has 0 radical (unpaired) electrons. The SMILES string of the molecule is CCCNC(=O)NC(=O)COC(=O)c1cc(S(=O)(=O)N2CCCCC2)ccc1Cl. The average Bonchev–Trinajstić information content (AvgIpc) is 2.71. The number of carbonyl (C=O) groups is 3. The molecule has 1 saturated heterocycles. The highest BCUT2D eigenvalue weighted by Crippen LogP contribution is 2.25. The molecule has 9 nitrogen and oxygen atoms in total. The van der Waals surface area contributed by atoms with Crippen LogP contribution in [0.2, 0.25) is 5.02 Å². The van der Waals surface area contributed by atoms with Crippen LogP contribution < -0.4 is 10.6 Å². The lowest BCUT2D eigenvalue weighted by Gasteiger charge is -2.26. The van der Waals surface area contributed by atoms with E-state index in [1.165, 1.54) is 16.4 Å². The monoisotopic (exact) mass is 445 g/mol. The summed E-state index contributed by atoms with van der Waals surface area (Å²) in [6, 6.07) is 3.07. The molecule has 1 aromatic rings. The summed E-state index contributed by atoms with van der Waals surface area (Å²) in [5.74, 6) is -1.78. The summed E-state index contributed by atoms with van der Waals surface area (Å²) >= 11 is 6.01. The van der Waals surface area contributed by atoms with E-state index >= 15 is 0 Å². The molecule has 1 aliphatic heterocycles. The lowest BCUT2D eigenvalue weighted by Crippen LogP contribution is -2.41. The van der Waals surface area contributed by atoms with Crippen LogP contribution in [-0.4, -0.2) is 56.9 Å². The number of esters is 1. The molecule has 11 heteroatoms. The van der Waals surface area contributed by atoms with Gasteiger partial charge in [-0.25, -0.2) is 18.0 Å². The number of carbonyl (C=O) groups excluding carboxylic acids is 3. The zero-order chi connectivity index (χ0) is 21.4. The predicted octanol–water partition coefficient (Wildman–Crippen LogP) is 1.91. The van der Waals surface area contributed by atoms with Crippen molar-refractivity contribution in [3.63, 3.8) is 0 Å². The number of piperidine rings is 1. The maximum Gasteiger partial charge on any atom is 0.340 e. The summed E-state index contributed by atoms with van der Waals surface area (Å²) in [6.07, 6.45) is 3.24. The Morgan fingerprint density at radius 2 is 1.86 bits per heavy atom. The Labute approximate surface area is 174 Å². The van der Waals surface area contributed by atoms with E-state index in [9.17, 15) is 22.8 Å². The molecule has 1 aromatic carbocycles. The summed E-state index contributed by atoms with van der Waals surface area (Å²) in [5, 5.41) is 4.45. The summed E-state index contributed by atoms with van der Waals surface area (Å²) in [5.41, 5.74) is -0.173. The molecule has 2 rings (SSSR count). The highest BCUT2D eigenvalue weighted by molar-refractivity contribution is 7.89. The number of nitrogens with zero attached hydrogens (tertiary/aromatic N) is 1. The lowest BCUT2D eigenvalue weighted by molar-refractivity contribution is -0.123. The fourth-order valence-corrected chi connectivity index (χ4v) is 4.47. The van der Waals surface area contributed by atoms with Crippen molar-refractivity contribution in [2.24, 2.45) is 0 Å². The number of urea groups is 1. The van der Waals surface area contributed by atoms with Crippen LogP contribution in [0.4, 0.5) is 4.79 Å². The van der Waals surface area contributed by atoms with E-state index in [1.807, 2.05) is 12.2 Å². The molecular formula is C18H24ClN3O6S. The standard InChI is InChI=1S/C18H24ClN3O6S/c1-2-8-20-18(25)21-16(23)12-28-17(24)14-11-13(6-7-15(14)19)29(26,27)22-9-4-3-5-10-22/h6-7,11H,2-5,8-10,12H2,1H3,(H2,20,21,23,25). The molecule has 160 valence electrons. The molecule has 0 bridgehead atoms. The third kappa shape index (κ3) is 6.41. The van der Waals surface area contributed by atoms with Gasteiger partial charge < -0.3 is 10.1 Å². The van der Waals surface area contributed by atoms with E-state index in [0.29, 0.717) is 26.1 Å². The summed E-state index contributed by atoms with van der Waals surface area (Å²) < 4.78 is 31.8. The lowest BCUT2D eigenvalue weighted by atomic mass is 10.2. The van der Waals surface area contributed by atoms with Gasteiger partial charge in [-0.05, 0) is 37.5 Å². The van der Waals surface area contributed by atoms with Crippen molar-refractivity contribution in [2.45, 2.75) is 37.5 Å². The fourth-order valence-electron chi connectivity index (χ4n) is 2.73. The van der Waals surface area contributed by atoms with Gasteiger partial charge in [-0.2, -0.15) is 4.31 Å². The molecule has 0 aliphatic carbocycles. The van der Waals surface area contributed by atoms with Crippen LogP contribution in [0, 0.1) is 0 Å². The number of imide groups is 1. The normalized spacial score (nSPS) is 14.8. The number of amides is 3. The highest BCUT2D eigenvalue weighted by Gasteiger charge is 2.27. The van der Waals surface area contributed by atoms with Gasteiger partial charge in [0.25, 0.3) is 5.91 Å². The van der Waals surface area contributed by atoms with E-state index in [1.54, 1.807) is 0 Å². The van der Waals surface area contributed by atoms with Gasteiger partial charge in [0.15, 0.2) is 6.61 Å². The first kappa shape index (κ1) is 23.1. The van der Waals surface area contributed by atoms with Crippen LogP contribution in [0.1, 0.15) is 43.0 Å². The number of rotatable bonds is 7. The van der Waals surface area contributed by atoms with E-state index < -0.39 is 34.5 Å². The van der Waals surface area contributed by atoms with Gasteiger partial charge in [-0.15, -0.1) is 0 Å². The second-order valence-corrected chi connectivity index (χ2v) is 8.83. The van der Waals surface area contributed by atoms with Crippen molar-refractivity contribution in [1.82, 2.24) is 14.9 Å². The minimum atomic E-state index is -3.76. The second kappa shape index (κ2) is 10.6. The van der Waals surface area contributed by atoms with Crippen molar-refractivity contribution in [3.8, 4) is 0 Å². The number of sulfonamides is 1. The van der Waals surface area contributed by atoms with Crippen LogP contribution in [0.15, 0.2) is 23.1 Å². The van der Waals surface area contributed by atoms with Crippen LogP contribution >= 0.6 is 11.6 Å². The van der Waals surface area contributed by atoms with E-state index in [4.69, 9.17) is 16.3 Å². The summed E-state index contributed by atoms with van der Waals surface area (Å²) in [7, 11) is -3.76. The van der Waals surface area contributed by atoms with Crippen LogP contribution in [-0.2, 0) is 19.6 Å². The van der Waals surface area contributed by atoms with Gasteiger partial charge in [-0.1, -0.05) is 24.9 Å². The maximum absolute atomic E-state index is 12.8. The first-order chi connectivity index (χ1) is 13.8. The zero-order valence-corrected chi connectivity index (χ0v) is 17.6. The highest BCUT2D eigenvalue weighted by atomic mass is 35.5. The molecule has 0 spiro atoms. The maximum atomic E-state index is 12.8. The molecular weight excluding hydrogens is 422 g/mol. The number of hydrogen-bond donors (Lipinski definition) is 2. The van der Waals surface area contributed by atoms with Crippen LogP contribution in [0.25, 0.3) is 0 Å². The summed E-state index contributed by atoms with van der Waals surface area (Å²) in [4.78, 5) is 35.3. The number of benzene rings is 1. The predicted molar refractivity (Wildman–Crippen MR) is 106 cm³/mol. The van der Waals surface area contributed by atoms with Gasteiger partial charge in [0.05, 0.1) is 15.5 Å². The quantitative estimate of drug-likeness (QED) is 0.618. The molecule has 0 unspecified atom stereocenters. The Hall–Kier alpha value is -2.17. The number of halogens is 1. The molecule has 0 aromatic heterocycles. The topological polar surface area (TPSA) is 122 Å². The van der Waals surface area contributed by atoms with Gasteiger partial charge in [0.1, 0.15) is 0 Å². The molecule has 0 saturated carbocycles. The van der Waals surface area contributed by atoms with Gasteiger partial charge >= 0.3 is 12.0 Å². The Kier molecular flexibility index (Phi) is 8.42. The zero-order valence-electron chi connectivity index (χ0n) is 16.1. The first-order valence-electron chi connectivity index (χ1n) is 9.30. The van der Waals surface area contributed by atoms with Gasteiger partial charge in [0, 0.05) is 19.6 Å². The number of hydrogen-bond acceptors (Lipinski definition) is 6. The average molecular weight is 446 g/mol. The van der Waals surface area contributed by atoms with Gasteiger partial charge in [-0.3, -0.25) is 10.1 Å². The number of ether oxygens (including phenoxy) is 1. The Balaban J connectivity index is 2.04. The third-order valence-electron chi connectivity index (χ3n) is 4.23. The fraction of sp³-hybridized carbons (Fsp3) is 0.500. The third-order valence-corrected chi connectivity index (χ3v) is 6.46. The molecule has 1 aliphatic rings. The van der Waals surface area contributed by atoms with E-state index in [-0.39, 0.29) is 15.5 Å². The van der Waals surface area contributed by atoms with E-state index in [2.05, 4.69) is 5.32 Å². The molecule has 29 heavy (non-hydrogen) atoms. The van der Waals surface area contributed by atoms with E-state index in [0.717, 1.165) is 25.3 Å². The summed E-state index contributed by atoms with van der Waals surface area (Å²) in [6.45, 7) is 2.38. The van der Waals surface area contributed by atoms with Crippen molar-refractivity contribution in [1.29, 1.82) is 0 Å². The largest absolute Gasteiger partial charge is 0.452 e. The molecule has 1 heterocycles. The smallest absolute Gasteiger partial charge is 0.340 e.